The van der Waals surface area contributed by atoms with Gasteiger partial charge in [0.05, 0.1) is 32.8 Å². The molecule has 1 aliphatic heterocycles. The molecule has 2 aromatic rings. The third kappa shape index (κ3) is 4.29. The maximum absolute atomic E-state index is 13.2. The van der Waals surface area contributed by atoms with Gasteiger partial charge in [-0.2, -0.15) is 0 Å². The first-order valence-electron chi connectivity index (χ1n) is 11.3. The van der Waals surface area contributed by atoms with Gasteiger partial charge in [-0.1, -0.05) is 18.2 Å². The van der Waals surface area contributed by atoms with Crippen LogP contribution in [0.25, 0.3) is 11.1 Å². The average Bonchev–Trinajstić information content (AvgIpc) is 3.31. The zero-order chi connectivity index (χ0) is 22.7. The molecular weight excluding hydrogens is 406 g/mol. The van der Waals surface area contributed by atoms with E-state index in [4.69, 9.17) is 18.9 Å². The van der Waals surface area contributed by atoms with Gasteiger partial charge in [0.25, 0.3) is 0 Å². The maximum Gasteiger partial charge on any atom is 0.231 e. The summed E-state index contributed by atoms with van der Waals surface area (Å²) in [5.41, 5.74) is 4.20. The highest BCUT2D eigenvalue weighted by Gasteiger charge is 2.35. The lowest BCUT2D eigenvalue weighted by atomic mass is 9.92. The number of methoxy groups -OCH3 is 2. The number of aryl methyl sites for hydroxylation is 1. The third-order valence-corrected chi connectivity index (χ3v) is 6.39. The van der Waals surface area contributed by atoms with Crippen molar-refractivity contribution in [2.45, 2.75) is 33.1 Å². The van der Waals surface area contributed by atoms with Crippen LogP contribution < -0.4 is 14.2 Å². The van der Waals surface area contributed by atoms with Crippen LogP contribution in [0.5, 0.6) is 17.2 Å². The van der Waals surface area contributed by atoms with Crippen LogP contribution in [-0.2, 0) is 22.4 Å². The maximum atomic E-state index is 13.2. The number of morpholine rings is 1. The topological polar surface area (TPSA) is 57.2 Å². The molecule has 4 rings (SSSR count). The summed E-state index contributed by atoms with van der Waals surface area (Å²) in [4.78, 5) is 15.0. The van der Waals surface area contributed by atoms with Gasteiger partial charge in [-0.25, -0.2) is 0 Å². The number of fused-ring (bicyclic) bond motifs is 1. The third-order valence-electron chi connectivity index (χ3n) is 6.39. The predicted octanol–water partition coefficient (Wildman–Crippen LogP) is 4.12. The summed E-state index contributed by atoms with van der Waals surface area (Å²) in [6.45, 7) is 6.48. The van der Waals surface area contributed by atoms with Crippen molar-refractivity contribution in [2.75, 3.05) is 47.1 Å². The highest BCUT2D eigenvalue weighted by molar-refractivity contribution is 5.83. The number of hydrogen-bond donors (Lipinski definition) is 0. The number of carbonyl (C=O) groups is 1. The summed E-state index contributed by atoms with van der Waals surface area (Å²) in [5, 5.41) is 0. The van der Waals surface area contributed by atoms with Crippen LogP contribution in [0.3, 0.4) is 0 Å². The van der Waals surface area contributed by atoms with Crippen LogP contribution >= 0.6 is 0 Å². The van der Waals surface area contributed by atoms with E-state index in [9.17, 15) is 4.79 Å². The Morgan fingerprint density at radius 3 is 2.50 bits per heavy atom. The molecule has 2 aromatic carbocycles. The molecular formula is C26H33NO5. The lowest BCUT2D eigenvalue weighted by Crippen LogP contribution is -2.48. The van der Waals surface area contributed by atoms with Crippen molar-refractivity contribution in [1.82, 2.24) is 4.90 Å². The molecule has 1 amide bonds. The van der Waals surface area contributed by atoms with E-state index in [1.807, 2.05) is 30.9 Å². The van der Waals surface area contributed by atoms with Crippen LogP contribution in [0, 0.1) is 5.41 Å². The molecule has 2 aliphatic rings. The van der Waals surface area contributed by atoms with Crippen molar-refractivity contribution >= 4 is 5.91 Å². The molecule has 0 radical (unpaired) electrons. The van der Waals surface area contributed by atoms with Gasteiger partial charge >= 0.3 is 0 Å². The van der Waals surface area contributed by atoms with Crippen LogP contribution in [0.1, 0.15) is 31.4 Å². The molecule has 0 bridgehead atoms. The molecule has 172 valence electrons. The largest absolute Gasteiger partial charge is 0.493 e. The fourth-order valence-corrected chi connectivity index (χ4v) is 4.63. The van der Waals surface area contributed by atoms with E-state index in [0.717, 1.165) is 30.4 Å². The second-order valence-corrected chi connectivity index (χ2v) is 9.05. The van der Waals surface area contributed by atoms with Crippen LogP contribution in [0.4, 0.5) is 0 Å². The summed E-state index contributed by atoms with van der Waals surface area (Å²) >= 11 is 0. The van der Waals surface area contributed by atoms with Gasteiger partial charge in [0.2, 0.25) is 11.7 Å². The number of nitrogens with zero attached hydrogens (tertiary/aromatic N) is 1. The summed E-state index contributed by atoms with van der Waals surface area (Å²) < 4.78 is 23.1. The average molecular weight is 440 g/mol. The Bertz CT molecular complexity index is 978. The Morgan fingerprint density at radius 2 is 1.78 bits per heavy atom. The zero-order valence-electron chi connectivity index (χ0n) is 19.5. The van der Waals surface area contributed by atoms with E-state index in [2.05, 4.69) is 18.2 Å². The quantitative estimate of drug-likeness (QED) is 0.650. The van der Waals surface area contributed by atoms with Crippen LogP contribution in [0.15, 0.2) is 30.3 Å². The number of amides is 1. The molecule has 0 atom stereocenters. The van der Waals surface area contributed by atoms with Gasteiger partial charge in [-0.15, -0.1) is 0 Å². The van der Waals surface area contributed by atoms with E-state index < -0.39 is 5.41 Å². The van der Waals surface area contributed by atoms with Crippen molar-refractivity contribution in [2.24, 2.45) is 5.41 Å². The first-order chi connectivity index (χ1) is 15.5. The van der Waals surface area contributed by atoms with Crippen molar-refractivity contribution in [3.05, 3.63) is 41.5 Å². The first kappa shape index (κ1) is 22.5. The van der Waals surface area contributed by atoms with Crippen LogP contribution in [-0.4, -0.2) is 57.9 Å². The summed E-state index contributed by atoms with van der Waals surface area (Å²) in [5.74, 6) is 1.85. The van der Waals surface area contributed by atoms with E-state index in [0.29, 0.717) is 43.6 Å². The molecule has 1 saturated heterocycles. The van der Waals surface area contributed by atoms with Gasteiger partial charge in [-0.3, -0.25) is 4.79 Å². The Kier molecular flexibility index (Phi) is 6.60. The minimum Gasteiger partial charge on any atom is -0.493 e. The normalized spacial score (nSPS) is 15.9. The van der Waals surface area contributed by atoms with Gasteiger partial charge in [0, 0.05) is 18.7 Å². The van der Waals surface area contributed by atoms with E-state index >= 15 is 0 Å². The molecule has 6 nitrogen and oxygen atoms in total. The monoisotopic (exact) mass is 439 g/mol. The molecule has 0 aromatic heterocycles. The molecule has 0 saturated carbocycles. The Labute approximate surface area is 190 Å². The van der Waals surface area contributed by atoms with Gasteiger partial charge in [0.15, 0.2) is 11.5 Å². The molecule has 6 heteroatoms. The number of rotatable bonds is 7. The van der Waals surface area contributed by atoms with E-state index in [1.54, 1.807) is 14.2 Å². The highest BCUT2D eigenvalue weighted by Crippen LogP contribution is 2.47. The Balaban J connectivity index is 1.68. The molecule has 0 N–H and O–H groups in total. The SMILES string of the molecule is COc1ccc(-c2cccc3c2CCC3)c(OCC(C)(C)C(=O)N2CCOCC2)c1OC. The minimum atomic E-state index is -0.693. The smallest absolute Gasteiger partial charge is 0.231 e. The standard InChI is InChI=1S/C26H33NO5/c1-26(2,25(28)27-13-15-31-16-14-27)17-32-23-21(11-12-22(29-3)24(23)30-4)20-10-6-8-18-7-5-9-19(18)20/h6,8,10-12H,5,7,9,13-17H2,1-4H3. The number of ether oxygens (including phenoxy) is 4. The van der Waals surface area contributed by atoms with E-state index in [-0.39, 0.29) is 12.5 Å². The molecule has 1 aliphatic carbocycles. The zero-order valence-corrected chi connectivity index (χ0v) is 19.5. The predicted molar refractivity (Wildman–Crippen MR) is 124 cm³/mol. The molecule has 1 fully saturated rings. The molecule has 1 heterocycles. The Hall–Kier alpha value is -2.73. The number of hydrogen-bond acceptors (Lipinski definition) is 5. The summed E-state index contributed by atoms with van der Waals surface area (Å²) in [6, 6.07) is 10.4. The molecule has 0 unspecified atom stereocenters. The second-order valence-electron chi connectivity index (χ2n) is 9.05. The van der Waals surface area contributed by atoms with Gasteiger partial charge < -0.3 is 23.8 Å². The minimum absolute atomic E-state index is 0.0739. The molecule has 32 heavy (non-hydrogen) atoms. The van der Waals surface area contributed by atoms with Gasteiger partial charge in [0.1, 0.15) is 6.61 Å². The van der Waals surface area contributed by atoms with Crippen molar-refractivity contribution in [3.63, 3.8) is 0 Å². The van der Waals surface area contributed by atoms with Crippen molar-refractivity contribution in [1.29, 1.82) is 0 Å². The summed E-state index contributed by atoms with van der Waals surface area (Å²) in [6.07, 6.45) is 3.32. The fraction of sp³-hybridized carbons (Fsp3) is 0.500. The number of benzene rings is 2. The van der Waals surface area contributed by atoms with Crippen molar-refractivity contribution in [3.8, 4) is 28.4 Å². The Morgan fingerprint density at radius 1 is 1.00 bits per heavy atom. The summed E-state index contributed by atoms with van der Waals surface area (Å²) in [7, 11) is 3.24. The first-order valence-corrected chi connectivity index (χ1v) is 11.3. The van der Waals surface area contributed by atoms with Crippen molar-refractivity contribution < 1.29 is 23.7 Å². The fourth-order valence-electron chi connectivity index (χ4n) is 4.63. The lowest BCUT2D eigenvalue weighted by Gasteiger charge is -2.34. The molecule has 0 spiro atoms. The van der Waals surface area contributed by atoms with Gasteiger partial charge in [-0.05, 0) is 61.9 Å². The lowest BCUT2D eigenvalue weighted by molar-refractivity contribution is -0.146. The van der Waals surface area contributed by atoms with E-state index in [1.165, 1.54) is 11.1 Å². The number of carbonyl (C=O) groups excluding carboxylic acids is 1. The highest BCUT2D eigenvalue weighted by atomic mass is 16.5. The van der Waals surface area contributed by atoms with Crippen LogP contribution in [0.2, 0.25) is 0 Å². The second kappa shape index (κ2) is 9.41.